The van der Waals surface area contributed by atoms with E-state index in [4.69, 9.17) is 9.15 Å². The number of ether oxygens (including phenoxy) is 1. The molecule has 2 rings (SSSR count). The Labute approximate surface area is 124 Å². The lowest BCUT2D eigenvalue weighted by Gasteiger charge is -2.27. The number of carbonyl (C=O) groups is 1. The lowest BCUT2D eigenvalue weighted by molar-refractivity contribution is -0.148. The molecule has 0 radical (unpaired) electrons. The molecule has 0 spiro atoms. The fourth-order valence-electron chi connectivity index (χ4n) is 2.71. The molecule has 20 heavy (non-hydrogen) atoms. The maximum Gasteiger partial charge on any atom is 0.326 e. The molecule has 2 unspecified atom stereocenters. The number of methoxy groups -OCH3 is 1. The minimum absolute atomic E-state index is 0.118. The van der Waals surface area contributed by atoms with Crippen LogP contribution < -0.4 is 5.32 Å². The minimum Gasteiger partial charge on any atom is -0.468 e. The second kappa shape index (κ2) is 7.18. The first-order valence-corrected chi connectivity index (χ1v) is 8.22. The molecule has 1 N–H and O–H groups in total. The zero-order valence-electron chi connectivity index (χ0n) is 12.2. The Morgan fingerprint density at radius 1 is 1.65 bits per heavy atom. The molecule has 1 aliphatic rings. The number of esters is 1. The Kier molecular flexibility index (Phi) is 5.54. The highest BCUT2D eigenvalue weighted by molar-refractivity contribution is 7.99. The number of furan rings is 1. The summed E-state index contributed by atoms with van der Waals surface area (Å²) in [6.45, 7) is 2.96. The number of carbonyl (C=O) groups excluding carboxylic acids is 1. The third-order valence-electron chi connectivity index (χ3n) is 3.80. The van der Waals surface area contributed by atoms with E-state index in [0.717, 1.165) is 43.7 Å². The standard InChI is InChI=1S/C15H23NO3S/c1-3-8-16-15(14(17)18-2)7-6-13(10-15)20-11-12-5-4-9-19-12/h4-5,9,13,16H,3,6-8,10-11H2,1-2H3. The van der Waals surface area contributed by atoms with Crippen LogP contribution in [0.3, 0.4) is 0 Å². The maximum atomic E-state index is 12.1. The van der Waals surface area contributed by atoms with Crippen molar-refractivity contribution in [2.45, 2.75) is 49.1 Å². The molecule has 112 valence electrons. The molecule has 0 saturated heterocycles. The van der Waals surface area contributed by atoms with E-state index in [-0.39, 0.29) is 5.97 Å². The molecule has 1 heterocycles. The van der Waals surface area contributed by atoms with Gasteiger partial charge in [-0.25, -0.2) is 0 Å². The summed E-state index contributed by atoms with van der Waals surface area (Å²) >= 11 is 1.86. The van der Waals surface area contributed by atoms with E-state index in [1.165, 1.54) is 7.11 Å². The average molecular weight is 297 g/mol. The predicted octanol–water partition coefficient (Wildman–Crippen LogP) is 2.98. The van der Waals surface area contributed by atoms with Crippen molar-refractivity contribution in [3.05, 3.63) is 24.2 Å². The lowest BCUT2D eigenvalue weighted by atomic mass is 9.97. The van der Waals surface area contributed by atoms with Crippen LogP contribution >= 0.6 is 11.8 Å². The first-order valence-electron chi connectivity index (χ1n) is 7.17. The van der Waals surface area contributed by atoms with Gasteiger partial charge in [-0.3, -0.25) is 4.79 Å². The van der Waals surface area contributed by atoms with Crippen LogP contribution in [-0.4, -0.2) is 30.4 Å². The summed E-state index contributed by atoms with van der Waals surface area (Å²) in [5.41, 5.74) is -0.481. The fraction of sp³-hybridized carbons (Fsp3) is 0.667. The van der Waals surface area contributed by atoms with Crippen LogP contribution in [0, 0.1) is 0 Å². The van der Waals surface area contributed by atoms with Crippen molar-refractivity contribution in [2.24, 2.45) is 0 Å². The van der Waals surface area contributed by atoms with E-state index in [2.05, 4.69) is 12.2 Å². The summed E-state index contributed by atoms with van der Waals surface area (Å²) in [5, 5.41) is 3.88. The maximum absolute atomic E-state index is 12.1. The summed E-state index contributed by atoms with van der Waals surface area (Å²) in [6, 6.07) is 3.90. The molecule has 0 aliphatic heterocycles. The molecule has 5 heteroatoms. The summed E-state index contributed by atoms with van der Waals surface area (Å²) in [4.78, 5) is 12.1. The Balaban J connectivity index is 1.90. The van der Waals surface area contributed by atoms with Gasteiger partial charge in [-0.2, -0.15) is 11.8 Å². The van der Waals surface area contributed by atoms with Gasteiger partial charge in [0, 0.05) is 5.25 Å². The van der Waals surface area contributed by atoms with E-state index in [1.807, 2.05) is 23.9 Å². The van der Waals surface area contributed by atoms with E-state index in [9.17, 15) is 4.79 Å². The van der Waals surface area contributed by atoms with Gasteiger partial charge >= 0.3 is 5.97 Å². The zero-order chi connectivity index (χ0) is 14.4. The molecule has 1 fully saturated rings. The van der Waals surface area contributed by atoms with Crippen molar-refractivity contribution in [2.75, 3.05) is 13.7 Å². The van der Waals surface area contributed by atoms with Gasteiger partial charge in [-0.1, -0.05) is 6.92 Å². The molecule has 0 aromatic carbocycles. The normalized spacial score (nSPS) is 25.8. The highest BCUT2D eigenvalue weighted by Gasteiger charge is 2.45. The number of hydrogen-bond acceptors (Lipinski definition) is 5. The predicted molar refractivity (Wildman–Crippen MR) is 80.7 cm³/mol. The fourth-order valence-corrected chi connectivity index (χ4v) is 3.97. The van der Waals surface area contributed by atoms with E-state index in [0.29, 0.717) is 5.25 Å². The Morgan fingerprint density at radius 2 is 2.50 bits per heavy atom. The van der Waals surface area contributed by atoms with Crippen molar-refractivity contribution >= 4 is 17.7 Å². The zero-order valence-corrected chi connectivity index (χ0v) is 13.0. The Bertz CT molecular complexity index is 421. The van der Waals surface area contributed by atoms with Gasteiger partial charge in [-0.15, -0.1) is 0 Å². The quantitative estimate of drug-likeness (QED) is 0.784. The third-order valence-corrected chi connectivity index (χ3v) is 5.13. The van der Waals surface area contributed by atoms with Gasteiger partial charge in [0.15, 0.2) is 0 Å². The average Bonchev–Trinajstić information content (AvgIpc) is 3.12. The van der Waals surface area contributed by atoms with Gasteiger partial charge in [0.1, 0.15) is 11.3 Å². The number of hydrogen-bond donors (Lipinski definition) is 1. The largest absolute Gasteiger partial charge is 0.468 e. The number of nitrogens with one attached hydrogen (secondary N) is 1. The van der Waals surface area contributed by atoms with Gasteiger partial charge < -0.3 is 14.5 Å². The third kappa shape index (κ3) is 3.58. The highest BCUT2D eigenvalue weighted by atomic mass is 32.2. The van der Waals surface area contributed by atoms with Crippen LogP contribution in [0.5, 0.6) is 0 Å². The first-order chi connectivity index (χ1) is 9.70. The van der Waals surface area contributed by atoms with Crippen molar-refractivity contribution in [3.8, 4) is 0 Å². The first kappa shape index (κ1) is 15.4. The summed E-state index contributed by atoms with van der Waals surface area (Å²) in [5.74, 6) is 1.74. The summed E-state index contributed by atoms with van der Waals surface area (Å²) in [6.07, 6.45) is 5.45. The molecule has 1 aromatic rings. The van der Waals surface area contributed by atoms with Crippen LogP contribution in [-0.2, 0) is 15.3 Å². The molecule has 2 atom stereocenters. The van der Waals surface area contributed by atoms with Crippen LogP contribution in [0.2, 0.25) is 0 Å². The molecule has 0 bridgehead atoms. The summed E-state index contributed by atoms with van der Waals surface area (Å²) in [7, 11) is 1.47. The lowest BCUT2D eigenvalue weighted by Crippen LogP contribution is -2.51. The highest BCUT2D eigenvalue weighted by Crippen LogP contribution is 2.39. The van der Waals surface area contributed by atoms with Gasteiger partial charge in [-0.05, 0) is 44.4 Å². The van der Waals surface area contributed by atoms with Crippen LogP contribution in [0.25, 0.3) is 0 Å². The number of rotatable bonds is 7. The molecular formula is C15H23NO3S. The van der Waals surface area contributed by atoms with Crippen molar-refractivity contribution in [1.82, 2.24) is 5.32 Å². The van der Waals surface area contributed by atoms with Crippen LogP contribution in [0.15, 0.2) is 22.8 Å². The number of thioether (sulfide) groups is 1. The second-order valence-electron chi connectivity index (χ2n) is 5.26. The monoisotopic (exact) mass is 297 g/mol. The minimum atomic E-state index is -0.481. The van der Waals surface area contributed by atoms with Gasteiger partial charge in [0.05, 0.1) is 19.1 Å². The van der Waals surface area contributed by atoms with Crippen LogP contribution in [0.4, 0.5) is 0 Å². The Morgan fingerprint density at radius 3 is 3.15 bits per heavy atom. The summed E-state index contributed by atoms with van der Waals surface area (Å²) < 4.78 is 10.4. The molecule has 1 aliphatic carbocycles. The van der Waals surface area contributed by atoms with Crippen molar-refractivity contribution in [3.63, 3.8) is 0 Å². The van der Waals surface area contributed by atoms with E-state index >= 15 is 0 Å². The van der Waals surface area contributed by atoms with E-state index in [1.54, 1.807) is 6.26 Å². The van der Waals surface area contributed by atoms with E-state index < -0.39 is 5.54 Å². The molecule has 1 aromatic heterocycles. The SMILES string of the molecule is CCCNC1(C(=O)OC)CCC(SCc2ccco2)C1. The van der Waals surface area contributed by atoms with Crippen LogP contribution in [0.1, 0.15) is 38.4 Å². The van der Waals surface area contributed by atoms with Crippen molar-refractivity contribution < 1.29 is 13.9 Å². The molecule has 4 nitrogen and oxygen atoms in total. The second-order valence-corrected chi connectivity index (χ2v) is 6.54. The van der Waals surface area contributed by atoms with Gasteiger partial charge in [0.25, 0.3) is 0 Å². The molecule has 1 saturated carbocycles. The Hall–Kier alpha value is -0.940. The smallest absolute Gasteiger partial charge is 0.326 e. The topological polar surface area (TPSA) is 51.5 Å². The molecular weight excluding hydrogens is 274 g/mol. The van der Waals surface area contributed by atoms with Gasteiger partial charge in [0.2, 0.25) is 0 Å². The molecule has 0 amide bonds. The van der Waals surface area contributed by atoms with Crippen molar-refractivity contribution in [1.29, 1.82) is 0 Å².